The molecule has 2 saturated heterocycles. The molecule has 134 valence electrons. The number of piperidine rings is 1. The maximum atomic E-state index is 12.8. The van der Waals surface area contributed by atoms with Crippen LogP contribution in [0.1, 0.15) is 51.9 Å². The van der Waals surface area contributed by atoms with E-state index in [1.54, 1.807) is 0 Å². The van der Waals surface area contributed by atoms with Crippen LogP contribution in [0.2, 0.25) is 0 Å². The molecule has 4 N–H and O–H groups in total. The van der Waals surface area contributed by atoms with Crippen molar-refractivity contribution in [3.63, 3.8) is 0 Å². The van der Waals surface area contributed by atoms with E-state index >= 15 is 0 Å². The van der Waals surface area contributed by atoms with Gasteiger partial charge in [-0.15, -0.1) is 0 Å². The van der Waals surface area contributed by atoms with Gasteiger partial charge in [-0.25, -0.2) is 0 Å². The largest absolute Gasteiger partial charge is 0.368 e. The zero-order valence-corrected chi connectivity index (χ0v) is 14.0. The molecule has 0 aromatic heterocycles. The van der Waals surface area contributed by atoms with Crippen LogP contribution in [0.3, 0.4) is 0 Å². The normalized spacial score (nSPS) is 25.0. The van der Waals surface area contributed by atoms with Gasteiger partial charge in [0.25, 0.3) is 0 Å². The highest BCUT2D eigenvalue weighted by Crippen LogP contribution is 2.19. The summed E-state index contributed by atoms with van der Waals surface area (Å²) >= 11 is 0. The van der Waals surface area contributed by atoms with Crippen molar-refractivity contribution >= 4 is 23.6 Å². The van der Waals surface area contributed by atoms with E-state index in [1.807, 2.05) is 6.92 Å². The van der Waals surface area contributed by atoms with E-state index in [0.29, 0.717) is 38.6 Å². The van der Waals surface area contributed by atoms with Crippen LogP contribution >= 0.6 is 0 Å². The highest BCUT2D eigenvalue weighted by Gasteiger charge is 2.36. The lowest BCUT2D eigenvalue weighted by molar-refractivity contribution is -0.144. The van der Waals surface area contributed by atoms with Gasteiger partial charge >= 0.3 is 0 Å². The summed E-state index contributed by atoms with van der Waals surface area (Å²) in [6.45, 7) is 2.40. The average Bonchev–Trinajstić information content (AvgIpc) is 3.00. The predicted octanol–water partition coefficient (Wildman–Crippen LogP) is -0.584. The summed E-state index contributed by atoms with van der Waals surface area (Å²) in [5.74, 6) is -1.27. The van der Waals surface area contributed by atoms with Crippen LogP contribution in [0.5, 0.6) is 0 Å². The van der Waals surface area contributed by atoms with Crippen molar-refractivity contribution in [3.05, 3.63) is 0 Å². The van der Waals surface area contributed by atoms with Crippen LogP contribution < -0.4 is 16.4 Å². The van der Waals surface area contributed by atoms with Crippen molar-refractivity contribution in [2.45, 2.75) is 70.0 Å². The summed E-state index contributed by atoms with van der Waals surface area (Å²) in [4.78, 5) is 49.5. The third kappa shape index (κ3) is 4.24. The van der Waals surface area contributed by atoms with Gasteiger partial charge < -0.3 is 21.3 Å². The van der Waals surface area contributed by atoms with Crippen molar-refractivity contribution in [1.82, 2.24) is 15.5 Å². The van der Waals surface area contributed by atoms with Gasteiger partial charge in [-0.2, -0.15) is 0 Å². The number of nitrogens with zero attached hydrogens (tertiary/aromatic N) is 1. The first kappa shape index (κ1) is 18.2. The number of hydrogen-bond donors (Lipinski definition) is 3. The molecule has 4 amide bonds. The Balaban J connectivity index is 2.04. The molecule has 8 heteroatoms. The molecule has 0 unspecified atom stereocenters. The number of carbonyl (C=O) groups is 4. The van der Waals surface area contributed by atoms with Gasteiger partial charge in [-0.1, -0.05) is 13.3 Å². The van der Waals surface area contributed by atoms with E-state index in [1.165, 1.54) is 4.90 Å². The number of hydrogen-bond acceptors (Lipinski definition) is 4. The first-order chi connectivity index (χ1) is 11.4. The van der Waals surface area contributed by atoms with Gasteiger partial charge in [0.15, 0.2) is 0 Å². The number of carbonyl (C=O) groups excluding carboxylic acids is 4. The van der Waals surface area contributed by atoms with Crippen molar-refractivity contribution in [2.75, 3.05) is 6.54 Å². The summed E-state index contributed by atoms with van der Waals surface area (Å²) in [5.41, 5.74) is 5.42. The molecule has 0 aromatic carbocycles. The van der Waals surface area contributed by atoms with Crippen molar-refractivity contribution in [3.8, 4) is 0 Å². The fourth-order valence-corrected chi connectivity index (χ4v) is 3.32. The average molecular weight is 338 g/mol. The molecular weight excluding hydrogens is 312 g/mol. The molecule has 3 atom stereocenters. The summed E-state index contributed by atoms with van der Waals surface area (Å²) in [7, 11) is 0. The minimum absolute atomic E-state index is 0.154. The fourth-order valence-electron chi connectivity index (χ4n) is 3.32. The lowest BCUT2D eigenvalue weighted by atomic mass is 9.99. The molecule has 0 aliphatic carbocycles. The number of amides is 4. The van der Waals surface area contributed by atoms with E-state index in [0.717, 1.165) is 12.8 Å². The van der Waals surface area contributed by atoms with E-state index in [-0.39, 0.29) is 17.7 Å². The van der Waals surface area contributed by atoms with E-state index < -0.39 is 24.0 Å². The number of likely N-dealkylation sites (tertiary alicyclic amines) is 1. The van der Waals surface area contributed by atoms with Crippen LogP contribution in [0.15, 0.2) is 0 Å². The Kier molecular flexibility index (Phi) is 6.16. The lowest BCUT2D eigenvalue weighted by Gasteiger charge is -2.36. The van der Waals surface area contributed by atoms with Gasteiger partial charge in [0.2, 0.25) is 23.6 Å². The van der Waals surface area contributed by atoms with Gasteiger partial charge in [0, 0.05) is 13.0 Å². The third-order valence-corrected chi connectivity index (χ3v) is 4.62. The molecule has 8 nitrogen and oxygen atoms in total. The molecule has 24 heavy (non-hydrogen) atoms. The van der Waals surface area contributed by atoms with Crippen LogP contribution in [0.25, 0.3) is 0 Å². The first-order valence-corrected chi connectivity index (χ1v) is 8.63. The number of rotatable bonds is 6. The Morgan fingerprint density at radius 1 is 1.33 bits per heavy atom. The van der Waals surface area contributed by atoms with Crippen molar-refractivity contribution in [2.24, 2.45) is 5.73 Å². The molecule has 2 heterocycles. The zero-order chi connectivity index (χ0) is 17.7. The summed E-state index contributed by atoms with van der Waals surface area (Å²) in [6, 6.07) is -1.88. The highest BCUT2D eigenvalue weighted by atomic mass is 16.2. The standard InChI is InChI=1S/C16H26N4O4/c1-2-5-11(19-15(23)10-7-8-13(21)18-10)16(24)20-9-4-3-6-12(20)14(17)22/h10-12H,2-9H2,1H3,(H2,17,22)(H,18,21)(H,19,23)/t10-,11-,12-/m0/s1. The Morgan fingerprint density at radius 2 is 2.08 bits per heavy atom. The molecule has 0 aromatic rings. The second-order valence-corrected chi connectivity index (χ2v) is 6.45. The number of nitrogens with one attached hydrogen (secondary N) is 2. The molecule has 2 aliphatic rings. The van der Waals surface area contributed by atoms with Crippen LogP contribution in [0.4, 0.5) is 0 Å². The van der Waals surface area contributed by atoms with Crippen molar-refractivity contribution < 1.29 is 19.2 Å². The number of primary amides is 1. The summed E-state index contributed by atoms with van der Waals surface area (Å²) in [5, 5.41) is 5.34. The maximum Gasteiger partial charge on any atom is 0.245 e. The lowest BCUT2D eigenvalue weighted by Crippen LogP contribution is -2.58. The monoisotopic (exact) mass is 338 g/mol. The summed E-state index contributed by atoms with van der Waals surface area (Å²) < 4.78 is 0. The SMILES string of the molecule is CCC[C@H](NC(=O)[C@@H]1CCC(=O)N1)C(=O)N1CCCC[C@H]1C(N)=O. The highest BCUT2D eigenvalue weighted by molar-refractivity contribution is 5.95. The second kappa shape index (κ2) is 8.12. The summed E-state index contributed by atoms with van der Waals surface area (Å²) in [6.07, 6.45) is 4.19. The minimum atomic E-state index is -0.694. The van der Waals surface area contributed by atoms with Gasteiger partial charge in [0.05, 0.1) is 0 Å². The van der Waals surface area contributed by atoms with Gasteiger partial charge in [-0.3, -0.25) is 19.2 Å². The third-order valence-electron chi connectivity index (χ3n) is 4.62. The fraction of sp³-hybridized carbons (Fsp3) is 0.750. The minimum Gasteiger partial charge on any atom is -0.368 e. The molecule has 0 radical (unpaired) electrons. The first-order valence-electron chi connectivity index (χ1n) is 8.63. The molecular formula is C16H26N4O4. The van der Waals surface area contributed by atoms with Crippen molar-refractivity contribution in [1.29, 1.82) is 0 Å². The van der Waals surface area contributed by atoms with Crippen LogP contribution in [-0.4, -0.2) is 53.2 Å². The maximum absolute atomic E-state index is 12.8. The smallest absolute Gasteiger partial charge is 0.245 e. The Hall–Kier alpha value is -2.12. The zero-order valence-electron chi connectivity index (χ0n) is 14.0. The van der Waals surface area contributed by atoms with E-state index in [9.17, 15) is 19.2 Å². The Morgan fingerprint density at radius 3 is 2.67 bits per heavy atom. The van der Waals surface area contributed by atoms with E-state index in [4.69, 9.17) is 5.73 Å². The quantitative estimate of drug-likeness (QED) is 0.599. The number of nitrogens with two attached hydrogens (primary N) is 1. The van der Waals surface area contributed by atoms with Crippen LogP contribution in [-0.2, 0) is 19.2 Å². The topological polar surface area (TPSA) is 122 Å². The second-order valence-electron chi connectivity index (χ2n) is 6.45. The molecule has 0 bridgehead atoms. The molecule has 2 fully saturated rings. The van der Waals surface area contributed by atoms with Crippen LogP contribution in [0, 0.1) is 0 Å². The molecule has 0 spiro atoms. The van der Waals surface area contributed by atoms with Gasteiger partial charge in [0.1, 0.15) is 18.1 Å². The van der Waals surface area contributed by atoms with Gasteiger partial charge in [-0.05, 0) is 32.1 Å². The van der Waals surface area contributed by atoms with E-state index in [2.05, 4.69) is 10.6 Å². The Bertz CT molecular complexity index is 522. The molecule has 2 aliphatic heterocycles. The Labute approximate surface area is 141 Å². The molecule has 2 rings (SSSR count). The molecule has 0 saturated carbocycles. The predicted molar refractivity (Wildman–Crippen MR) is 86.5 cm³/mol.